The van der Waals surface area contributed by atoms with Crippen LogP contribution in [0.4, 0.5) is 4.79 Å². The lowest BCUT2D eigenvalue weighted by Gasteiger charge is -2.30. The summed E-state index contributed by atoms with van der Waals surface area (Å²) in [6.07, 6.45) is 3.09. The molecule has 19 heavy (non-hydrogen) atoms. The van der Waals surface area contributed by atoms with E-state index >= 15 is 0 Å². The van der Waals surface area contributed by atoms with Gasteiger partial charge in [-0.05, 0) is 25.7 Å². The number of urea groups is 1. The number of nitrogens with two attached hydrogens (primary N) is 1. The average Bonchev–Trinajstić information content (AvgIpc) is 3.04. The molecule has 0 bridgehead atoms. The van der Waals surface area contributed by atoms with Crippen molar-refractivity contribution in [2.75, 3.05) is 13.1 Å². The summed E-state index contributed by atoms with van der Waals surface area (Å²) in [4.78, 5) is 37.4. The van der Waals surface area contributed by atoms with E-state index in [1.807, 2.05) is 0 Å². The monoisotopic (exact) mass is 269 g/mol. The molecule has 3 N–H and O–H groups in total. The van der Waals surface area contributed by atoms with Gasteiger partial charge < -0.3 is 20.6 Å². The Bertz CT molecular complexity index is 394. The van der Waals surface area contributed by atoms with E-state index in [0.29, 0.717) is 13.0 Å². The predicted octanol–water partition coefficient (Wildman–Crippen LogP) is -0.00480. The molecule has 0 aromatic carbocycles. The van der Waals surface area contributed by atoms with Gasteiger partial charge in [0.15, 0.2) is 0 Å². The van der Waals surface area contributed by atoms with E-state index in [9.17, 15) is 14.4 Å². The summed E-state index contributed by atoms with van der Waals surface area (Å²) in [6, 6.07) is -0.662. The molecule has 0 aromatic rings. The maximum atomic E-state index is 12.4. The Kier molecular flexibility index (Phi) is 3.92. The zero-order valence-corrected chi connectivity index (χ0v) is 10.7. The molecule has 2 aliphatic rings. The van der Waals surface area contributed by atoms with Crippen molar-refractivity contribution in [2.45, 2.75) is 44.2 Å². The van der Waals surface area contributed by atoms with Gasteiger partial charge >= 0.3 is 12.0 Å². The summed E-state index contributed by atoms with van der Waals surface area (Å²) in [5.41, 5.74) is 5.29. The average molecular weight is 269 g/mol. The molecule has 0 aromatic heterocycles. The number of hydrogen-bond donors (Lipinski definition) is 2. The first-order chi connectivity index (χ1) is 9.00. The SMILES string of the molecule is NC(=O)C1CCCN1C(=O)N(CCC(=O)O)C1CC1. The van der Waals surface area contributed by atoms with Crippen LogP contribution in [0.15, 0.2) is 0 Å². The summed E-state index contributed by atoms with van der Waals surface area (Å²) in [5, 5.41) is 8.73. The van der Waals surface area contributed by atoms with Gasteiger partial charge in [0.25, 0.3) is 0 Å². The van der Waals surface area contributed by atoms with Gasteiger partial charge in [-0.15, -0.1) is 0 Å². The van der Waals surface area contributed by atoms with Crippen molar-refractivity contribution in [1.29, 1.82) is 0 Å². The Morgan fingerprint density at radius 3 is 2.47 bits per heavy atom. The molecular weight excluding hydrogens is 250 g/mol. The third-order valence-corrected chi connectivity index (χ3v) is 3.63. The molecule has 3 amide bonds. The highest BCUT2D eigenvalue weighted by Gasteiger charge is 2.40. The Hall–Kier alpha value is -1.79. The summed E-state index contributed by atoms with van der Waals surface area (Å²) < 4.78 is 0. The minimum atomic E-state index is -0.925. The van der Waals surface area contributed by atoms with E-state index in [2.05, 4.69) is 0 Å². The van der Waals surface area contributed by atoms with Crippen LogP contribution in [0, 0.1) is 0 Å². The molecule has 1 saturated carbocycles. The number of carbonyl (C=O) groups excluding carboxylic acids is 2. The van der Waals surface area contributed by atoms with Gasteiger partial charge in [-0.3, -0.25) is 9.59 Å². The predicted molar refractivity (Wildman–Crippen MR) is 66.3 cm³/mol. The maximum Gasteiger partial charge on any atom is 0.320 e. The molecule has 2 fully saturated rings. The van der Waals surface area contributed by atoms with Crippen molar-refractivity contribution in [3.8, 4) is 0 Å². The molecular formula is C12H19N3O4. The van der Waals surface area contributed by atoms with Crippen molar-refractivity contribution in [1.82, 2.24) is 9.80 Å². The van der Waals surface area contributed by atoms with Gasteiger partial charge in [0.05, 0.1) is 6.42 Å². The van der Waals surface area contributed by atoms with Crippen molar-refractivity contribution in [3.05, 3.63) is 0 Å². The molecule has 1 heterocycles. The summed E-state index contributed by atoms with van der Waals surface area (Å²) in [5.74, 6) is -1.41. The fraction of sp³-hybridized carbons (Fsp3) is 0.750. The van der Waals surface area contributed by atoms with Crippen LogP contribution in [0.2, 0.25) is 0 Å². The standard InChI is InChI=1S/C12H19N3O4/c13-11(18)9-2-1-6-15(9)12(19)14(8-3-4-8)7-5-10(16)17/h8-9H,1-7H2,(H2,13,18)(H,16,17). The van der Waals surface area contributed by atoms with Gasteiger partial charge in [-0.1, -0.05) is 0 Å². The minimum absolute atomic E-state index is 0.0721. The minimum Gasteiger partial charge on any atom is -0.481 e. The molecule has 0 spiro atoms. The molecule has 1 unspecified atom stereocenters. The van der Waals surface area contributed by atoms with Crippen LogP contribution in [0.3, 0.4) is 0 Å². The Morgan fingerprint density at radius 1 is 1.26 bits per heavy atom. The van der Waals surface area contributed by atoms with Crippen molar-refractivity contribution in [2.24, 2.45) is 5.73 Å². The van der Waals surface area contributed by atoms with Gasteiger partial charge in [0.1, 0.15) is 6.04 Å². The van der Waals surface area contributed by atoms with Crippen LogP contribution in [0.25, 0.3) is 0 Å². The van der Waals surface area contributed by atoms with Crippen LogP contribution >= 0.6 is 0 Å². The zero-order chi connectivity index (χ0) is 14.0. The maximum absolute atomic E-state index is 12.4. The number of rotatable bonds is 5. The van der Waals surface area contributed by atoms with Crippen LogP contribution in [-0.2, 0) is 9.59 Å². The second-order valence-electron chi connectivity index (χ2n) is 5.10. The van der Waals surface area contributed by atoms with Gasteiger partial charge in [0.2, 0.25) is 5.91 Å². The fourth-order valence-corrected chi connectivity index (χ4v) is 2.49. The van der Waals surface area contributed by atoms with Crippen LogP contribution < -0.4 is 5.73 Å². The van der Waals surface area contributed by atoms with E-state index in [4.69, 9.17) is 10.8 Å². The second kappa shape index (κ2) is 5.46. The first kappa shape index (κ1) is 13.6. The third-order valence-electron chi connectivity index (χ3n) is 3.63. The van der Waals surface area contributed by atoms with E-state index < -0.39 is 17.9 Å². The number of carboxylic acid groups (broad SMARTS) is 1. The topological polar surface area (TPSA) is 104 Å². The van der Waals surface area contributed by atoms with E-state index in [-0.39, 0.29) is 25.0 Å². The van der Waals surface area contributed by atoms with E-state index in [1.165, 1.54) is 4.90 Å². The molecule has 1 saturated heterocycles. The summed E-state index contributed by atoms with van der Waals surface area (Å²) in [7, 11) is 0. The largest absolute Gasteiger partial charge is 0.481 e. The highest BCUT2D eigenvalue weighted by atomic mass is 16.4. The molecule has 2 rings (SSSR count). The quantitative estimate of drug-likeness (QED) is 0.732. The zero-order valence-electron chi connectivity index (χ0n) is 10.7. The van der Waals surface area contributed by atoms with Crippen molar-refractivity contribution >= 4 is 17.9 Å². The number of nitrogens with zero attached hydrogens (tertiary/aromatic N) is 2. The Morgan fingerprint density at radius 2 is 1.95 bits per heavy atom. The lowest BCUT2D eigenvalue weighted by molar-refractivity contribution is -0.137. The highest BCUT2D eigenvalue weighted by Crippen LogP contribution is 2.29. The van der Waals surface area contributed by atoms with E-state index in [0.717, 1.165) is 19.3 Å². The van der Waals surface area contributed by atoms with Crippen LogP contribution in [-0.4, -0.2) is 58.0 Å². The number of carboxylic acids is 1. The van der Waals surface area contributed by atoms with Crippen LogP contribution in [0.1, 0.15) is 32.1 Å². The molecule has 1 atom stereocenters. The van der Waals surface area contributed by atoms with Crippen molar-refractivity contribution in [3.63, 3.8) is 0 Å². The molecule has 1 aliphatic heterocycles. The molecule has 1 aliphatic carbocycles. The molecule has 106 valence electrons. The number of carbonyl (C=O) groups is 3. The first-order valence-electron chi connectivity index (χ1n) is 6.59. The number of likely N-dealkylation sites (tertiary alicyclic amines) is 1. The number of hydrogen-bond acceptors (Lipinski definition) is 3. The molecule has 0 radical (unpaired) electrons. The fourth-order valence-electron chi connectivity index (χ4n) is 2.49. The smallest absolute Gasteiger partial charge is 0.320 e. The van der Waals surface area contributed by atoms with Gasteiger partial charge in [-0.25, -0.2) is 4.79 Å². The van der Waals surface area contributed by atoms with Crippen molar-refractivity contribution < 1.29 is 19.5 Å². The Balaban J connectivity index is 2.02. The second-order valence-corrected chi connectivity index (χ2v) is 5.10. The summed E-state index contributed by atoms with van der Waals surface area (Å²) >= 11 is 0. The normalized spacial score (nSPS) is 22.3. The van der Waals surface area contributed by atoms with Crippen LogP contribution in [0.5, 0.6) is 0 Å². The highest BCUT2D eigenvalue weighted by molar-refractivity contribution is 5.87. The Labute approximate surface area is 111 Å². The lowest BCUT2D eigenvalue weighted by atomic mass is 10.2. The molecule has 7 nitrogen and oxygen atoms in total. The number of amides is 3. The summed E-state index contributed by atoms with van der Waals surface area (Å²) in [6.45, 7) is 0.712. The first-order valence-corrected chi connectivity index (χ1v) is 6.59. The molecule has 7 heteroatoms. The third kappa shape index (κ3) is 3.15. The van der Waals surface area contributed by atoms with E-state index in [1.54, 1.807) is 4.90 Å². The number of aliphatic carboxylic acids is 1. The van der Waals surface area contributed by atoms with Gasteiger partial charge in [0, 0.05) is 19.1 Å². The number of primary amides is 1. The van der Waals surface area contributed by atoms with Gasteiger partial charge in [-0.2, -0.15) is 0 Å². The lowest BCUT2D eigenvalue weighted by Crippen LogP contribution is -2.50.